The van der Waals surface area contributed by atoms with Gasteiger partial charge in [-0.05, 0) is 29.3 Å². The Morgan fingerprint density at radius 3 is 2.24 bits per heavy atom. The van der Waals surface area contributed by atoms with E-state index in [1.54, 1.807) is 12.3 Å². The van der Waals surface area contributed by atoms with Crippen molar-refractivity contribution >= 4 is 23.6 Å². The Hall–Kier alpha value is -2.85. The number of nitrogens with one attached hydrogen (secondary N) is 1. The lowest BCUT2D eigenvalue weighted by atomic mass is 10.1. The molecule has 0 saturated carbocycles. The van der Waals surface area contributed by atoms with Crippen LogP contribution in [-0.2, 0) is 4.79 Å². The molecule has 1 heterocycles. The number of furan rings is 1. The van der Waals surface area contributed by atoms with Crippen molar-refractivity contribution in [2.45, 2.75) is 0 Å². The molecule has 1 aromatic heterocycles. The third-order valence-electron chi connectivity index (χ3n) is 2.79. The van der Waals surface area contributed by atoms with Crippen LogP contribution >= 0.6 is 0 Å². The molecule has 21 heavy (non-hydrogen) atoms. The van der Waals surface area contributed by atoms with Crippen LogP contribution in [-0.4, -0.2) is 11.1 Å². The number of allylic oxidation sites excluding steroid dienone is 2. The third kappa shape index (κ3) is 4.33. The lowest BCUT2D eigenvalue weighted by Gasteiger charge is -1.97. The smallest absolute Gasteiger partial charge is 0.267 e. The lowest BCUT2D eigenvalue weighted by molar-refractivity contribution is -0.124. The molecular weight excluding hydrogens is 266 g/mol. The van der Waals surface area contributed by atoms with Crippen molar-refractivity contribution < 1.29 is 14.4 Å². The first-order valence-corrected chi connectivity index (χ1v) is 6.32. The maximum absolute atomic E-state index is 10.9. The molecule has 0 unspecified atom stereocenters. The van der Waals surface area contributed by atoms with Crippen molar-refractivity contribution in [3.63, 3.8) is 0 Å². The zero-order valence-corrected chi connectivity index (χ0v) is 11.3. The Labute approximate surface area is 122 Å². The minimum absolute atomic E-state index is 0.561. The lowest BCUT2D eigenvalue weighted by Crippen LogP contribution is -2.14. The molecule has 0 aliphatic rings. The van der Waals surface area contributed by atoms with E-state index in [-0.39, 0.29) is 0 Å². The van der Waals surface area contributed by atoms with Crippen LogP contribution in [0.15, 0.2) is 65.8 Å². The van der Waals surface area contributed by atoms with Gasteiger partial charge in [0, 0.05) is 11.6 Å². The van der Waals surface area contributed by atoms with Crippen molar-refractivity contribution in [3.05, 3.63) is 78.3 Å². The summed E-state index contributed by atoms with van der Waals surface area (Å²) in [5, 5.41) is 8.38. The van der Waals surface area contributed by atoms with E-state index < -0.39 is 5.91 Å². The minimum atomic E-state index is -0.561. The number of hydroxylamine groups is 1. The van der Waals surface area contributed by atoms with Crippen molar-refractivity contribution in [3.8, 4) is 0 Å². The highest BCUT2D eigenvalue weighted by atomic mass is 16.5. The highest BCUT2D eigenvalue weighted by Gasteiger charge is 1.97. The van der Waals surface area contributed by atoms with Gasteiger partial charge >= 0.3 is 0 Å². The van der Waals surface area contributed by atoms with E-state index in [4.69, 9.17) is 9.62 Å². The first kappa shape index (κ1) is 14.6. The molecule has 0 saturated heterocycles. The SMILES string of the molecule is C=C(/C=C/c1ccc(/C=C/C(=O)NO)cc1)c1ccco1. The second kappa shape index (κ2) is 7.07. The molecular formula is C17H15NO3. The van der Waals surface area contributed by atoms with Gasteiger partial charge in [-0.15, -0.1) is 0 Å². The van der Waals surface area contributed by atoms with Gasteiger partial charge in [-0.3, -0.25) is 10.0 Å². The fourth-order valence-corrected chi connectivity index (χ4v) is 1.67. The predicted molar refractivity (Wildman–Crippen MR) is 82.2 cm³/mol. The van der Waals surface area contributed by atoms with Crippen LogP contribution in [0.1, 0.15) is 16.9 Å². The highest BCUT2D eigenvalue weighted by Crippen LogP contribution is 2.16. The van der Waals surface area contributed by atoms with Gasteiger partial charge in [-0.2, -0.15) is 0 Å². The van der Waals surface area contributed by atoms with Crippen LogP contribution < -0.4 is 5.48 Å². The molecule has 0 aliphatic carbocycles. The Morgan fingerprint density at radius 1 is 1.10 bits per heavy atom. The number of amides is 1. The predicted octanol–water partition coefficient (Wildman–Crippen LogP) is 3.52. The molecule has 1 aromatic carbocycles. The molecule has 4 heteroatoms. The fraction of sp³-hybridized carbons (Fsp3) is 0. The van der Waals surface area contributed by atoms with E-state index in [1.165, 1.54) is 11.6 Å². The largest absolute Gasteiger partial charge is 0.464 e. The first-order valence-electron chi connectivity index (χ1n) is 6.32. The normalized spacial score (nSPS) is 11.1. The maximum atomic E-state index is 10.9. The summed E-state index contributed by atoms with van der Waals surface area (Å²) in [5.74, 6) is 0.175. The van der Waals surface area contributed by atoms with Gasteiger partial charge in [0.1, 0.15) is 5.76 Å². The molecule has 1 amide bonds. The Bertz CT molecular complexity index is 665. The van der Waals surface area contributed by atoms with E-state index >= 15 is 0 Å². The fourth-order valence-electron chi connectivity index (χ4n) is 1.67. The monoisotopic (exact) mass is 281 g/mol. The maximum Gasteiger partial charge on any atom is 0.267 e. The van der Waals surface area contributed by atoms with Crippen LogP contribution in [0.25, 0.3) is 17.7 Å². The summed E-state index contributed by atoms with van der Waals surface area (Å²) in [7, 11) is 0. The van der Waals surface area contributed by atoms with Crippen LogP contribution in [0.2, 0.25) is 0 Å². The molecule has 4 nitrogen and oxygen atoms in total. The molecule has 106 valence electrons. The van der Waals surface area contributed by atoms with Crippen LogP contribution in [0.3, 0.4) is 0 Å². The Balaban J connectivity index is 2.01. The summed E-state index contributed by atoms with van der Waals surface area (Å²) in [6, 6.07) is 11.3. The summed E-state index contributed by atoms with van der Waals surface area (Å²) in [4.78, 5) is 10.9. The van der Waals surface area contributed by atoms with Crippen molar-refractivity contribution in [2.75, 3.05) is 0 Å². The third-order valence-corrected chi connectivity index (χ3v) is 2.79. The summed E-state index contributed by atoms with van der Waals surface area (Å²) in [5.41, 5.74) is 4.20. The Morgan fingerprint density at radius 2 is 1.71 bits per heavy atom. The molecule has 0 bridgehead atoms. The van der Waals surface area contributed by atoms with Crippen LogP contribution in [0, 0.1) is 0 Å². The highest BCUT2D eigenvalue weighted by molar-refractivity contribution is 5.90. The van der Waals surface area contributed by atoms with Gasteiger partial charge in [-0.1, -0.05) is 43.0 Å². The number of benzene rings is 1. The van der Waals surface area contributed by atoms with E-state index in [0.717, 1.165) is 22.5 Å². The molecule has 2 N–H and O–H groups in total. The molecule has 0 atom stereocenters. The minimum Gasteiger partial charge on any atom is -0.464 e. The molecule has 0 spiro atoms. The van der Waals surface area contributed by atoms with Crippen molar-refractivity contribution in [2.24, 2.45) is 0 Å². The average Bonchev–Trinajstić information content (AvgIpc) is 3.05. The number of rotatable bonds is 5. The number of carbonyl (C=O) groups excluding carboxylic acids is 1. The second-order valence-electron chi connectivity index (χ2n) is 4.31. The van der Waals surface area contributed by atoms with Gasteiger partial charge in [0.2, 0.25) is 0 Å². The number of hydrogen-bond donors (Lipinski definition) is 2. The molecule has 0 radical (unpaired) electrons. The van der Waals surface area contributed by atoms with E-state index in [1.807, 2.05) is 48.6 Å². The van der Waals surface area contributed by atoms with E-state index in [0.29, 0.717) is 0 Å². The average molecular weight is 281 g/mol. The number of hydrogen-bond acceptors (Lipinski definition) is 3. The number of carbonyl (C=O) groups is 1. The first-order chi connectivity index (χ1) is 10.2. The summed E-state index contributed by atoms with van der Waals surface area (Å²) >= 11 is 0. The quantitative estimate of drug-likeness (QED) is 0.381. The standard InChI is InChI=1S/C17H15NO3/c1-13(16-3-2-12-21-16)4-5-14-6-8-15(9-7-14)10-11-17(19)18-20/h2-12,20H,1H2,(H,18,19)/b5-4+,11-10+. The van der Waals surface area contributed by atoms with Gasteiger partial charge in [0.05, 0.1) is 6.26 Å². The summed E-state index contributed by atoms with van der Waals surface area (Å²) in [6.07, 6.45) is 8.28. The zero-order valence-electron chi connectivity index (χ0n) is 11.3. The van der Waals surface area contributed by atoms with E-state index in [9.17, 15) is 4.79 Å². The van der Waals surface area contributed by atoms with Gasteiger partial charge in [-0.25, -0.2) is 5.48 Å². The van der Waals surface area contributed by atoms with Gasteiger partial charge in [0.15, 0.2) is 0 Å². The summed E-state index contributed by atoms with van der Waals surface area (Å²) in [6.45, 7) is 3.93. The summed E-state index contributed by atoms with van der Waals surface area (Å²) < 4.78 is 5.25. The van der Waals surface area contributed by atoms with Crippen molar-refractivity contribution in [1.82, 2.24) is 5.48 Å². The molecule has 2 aromatic rings. The topological polar surface area (TPSA) is 62.5 Å². The molecule has 2 rings (SSSR count). The zero-order chi connectivity index (χ0) is 15.1. The van der Waals surface area contributed by atoms with E-state index in [2.05, 4.69) is 6.58 Å². The van der Waals surface area contributed by atoms with Crippen molar-refractivity contribution in [1.29, 1.82) is 0 Å². The van der Waals surface area contributed by atoms with Crippen LogP contribution in [0.5, 0.6) is 0 Å². The van der Waals surface area contributed by atoms with Gasteiger partial charge in [0.25, 0.3) is 5.91 Å². The van der Waals surface area contributed by atoms with Crippen LogP contribution in [0.4, 0.5) is 0 Å². The molecule has 0 fully saturated rings. The Kier molecular flexibility index (Phi) is 4.90. The van der Waals surface area contributed by atoms with Gasteiger partial charge < -0.3 is 4.42 Å². The molecule has 0 aliphatic heterocycles. The second-order valence-corrected chi connectivity index (χ2v) is 4.31.